The van der Waals surface area contributed by atoms with Crippen molar-refractivity contribution < 1.29 is 4.79 Å². The fourth-order valence-corrected chi connectivity index (χ4v) is 2.34. The first-order chi connectivity index (χ1) is 8.68. The maximum Gasteiger partial charge on any atom is 0.240 e. The number of hydrogen-bond acceptors (Lipinski definition) is 4. The molecule has 1 aromatic rings. The number of nitriles is 1. The molecule has 1 amide bonds. The minimum Gasteiger partial charge on any atom is -0.347 e. The van der Waals surface area contributed by atoms with Gasteiger partial charge in [0.15, 0.2) is 5.82 Å². The van der Waals surface area contributed by atoms with Crippen LogP contribution in [-0.2, 0) is 18.4 Å². The molecule has 96 valence electrons. The highest BCUT2D eigenvalue weighted by Gasteiger charge is 2.39. The van der Waals surface area contributed by atoms with Gasteiger partial charge in [0.05, 0.1) is 12.6 Å². The molecule has 6 nitrogen and oxygen atoms in total. The minimum absolute atomic E-state index is 0.173. The number of aryl methyl sites for hydroxylation is 1. The van der Waals surface area contributed by atoms with Crippen molar-refractivity contribution >= 4 is 5.91 Å². The van der Waals surface area contributed by atoms with Crippen LogP contribution in [0.3, 0.4) is 0 Å². The van der Waals surface area contributed by atoms with E-state index >= 15 is 0 Å². The van der Waals surface area contributed by atoms with Crippen molar-refractivity contribution in [1.82, 2.24) is 20.1 Å². The zero-order valence-electron chi connectivity index (χ0n) is 10.5. The fourth-order valence-electron chi connectivity index (χ4n) is 2.34. The Morgan fingerprint density at radius 2 is 2.28 bits per heavy atom. The van der Waals surface area contributed by atoms with Gasteiger partial charge in [0.25, 0.3) is 0 Å². The number of carbonyl (C=O) groups excluding carboxylic acids is 1. The van der Waals surface area contributed by atoms with Gasteiger partial charge in [-0.15, -0.1) is 10.2 Å². The molecule has 0 aromatic carbocycles. The van der Waals surface area contributed by atoms with Crippen molar-refractivity contribution in [3.8, 4) is 6.07 Å². The Bertz CT molecular complexity index is 467. The zero-order chi connectivity index (χ0) is 13.0. The Balaban J connectivity index is 1.99. The highest BCUT2D eigenvalue weighted by atomic mass is 16.2. The van der Waals surface area contributed by atoms with Crippen LogP contribution < -0.4 is 5.32 Å². The first kappa shape index (κ1) is 12.6. The monoisotopic (exact) mass is 247 g/mol. The number of hydrogen-bond donors (Lipinski definition) is 1. The summed E-state index contributed by atoms with van der Waals surface area (Å²) in [4.78, 5) is 12.2. The standard InChI is InChI=1S/C12H17N5O/c1-17-9-15-16-10(17)7-14-11(18)12(8-13)5-3-2-4-6-12/h9H,2-7H2,1H3,(H,14,18). The van der Waals surface area contributed by atoms with E-state index in [0.29, 0.717) is 25.2 Å². The molecule has 1 aliphatic carbocycles. The second-order valence-corrected chi connectivity index (χ2v) is 4.80. The fraction of sp³-hybridized carbons (Fsp3) is 0.667. The highest BCUT2D eigenvalue weighted by Crippen LogP contribution is 2.35. The van der Waals surface area contributed by atoms with Gasteiger partial charge in [0.1, 0.15) is 11.7 Å². The van der Waals surface area contributed by atoms with Crippen LogP contribution in [0.2, 0.25) is 0 Å². The maximum absolute atomic E-state index is 12.2. The van der Waals surface area contributed by atoms with Crippen LogP contribution in [0.5, 0.6) is 0 Å². The smallest absolute Gasteiger partial charge is 0.240 e. The third kappa shape index (κ3) is 2.35. The second-order valence-electron chi connectivity index (χ2n) is 4.80. The average Bonchev–Trinajstić information content (AvgIpc) is 2.82. The number of aromatic nitrogens is 3. The molecule has 0 spiro atoms. The van der Waals surface area contributed by atoms with E-state index in [1.54, 1.807) is 10.9 Å². The molecule has 2 rings (SSSR count). The van der Waals surface area contributed by atoms with Crippen molar-refractivity contribution in [2.45, 2.75) is 38.6 Å². The molecule has 1 saturated carbocycles. The number of rotatable bonds is 3. The van der Waals surface area contributed by atoms with Crippen LogP contribution in [0.25, 0.3) is 0 Å². The molecule has 0 atom stereocenters. The zero-order valence-corrected chi connectivity index (χ0v) is 10.5. The van der Waals surface area contributed by atoms with Gasteiger partial charge in [-0.05, 0) is 12.8 Å². The van der Waals surface area contributed by atoms with Crippen LogP contribution in [0.1, 0.15) is 37.9 Å². The topological polar surface area (TPSA) is 83.6 Å². The molecule has 6 heteroatoms. The van der Waals surface area contributed by atoms with Crippen molar-refractivity contribution in [3.05, 3.63) is 12.2 Å². The molecule has 1 heterocycles. The quantitative estimate of drug-likeness (QED) is 0.860. The van der Waals surface area contributed by atoms with E-state index in [2.05, 4.69) is 21.6 Å². The third-order valence-electron chi connectivity index (χ3n) is 3.57. The summed E-state index contributed by atoms with van der Waals surface area (Å²) in [5.74, 6) is 0.514. The number of amides is 1. The largest absolute Gasteiger partial charge is 0.347 e. The normalized spacial score (nSPS) is 18.0. The lowest BCUT2D eigenvalue weighted by molar-refractivity contribution is -0.129. The van der Waals surface area contributed by atoms with E-state index in [4.69, 9.17) is 0 Å². The van der Waals surface area contributed by atoms with Gasteiger partial charge >= 0.3 is 0 Å². The lowest BCUT2D eigenvalue weighted by atomic mass is 9.74. The molecule has 1 aromatic heterocycles. The van der Waals surface area contributed by atoms with Crippen molar-refractivity contribution in [2.24, 2.45) is 12.5 Å². The first-order valence-corrected chi connectivity index (χ1v) is 6.20. The lowest BCUT2D eigenvalue weighted by Gasteiger charge is -2.28. The molecule has 0 unspecified atom stereocenters. The molecule has 0 aliphatic heterocycles. The van der Waals surface area contributed by atoms with Gasteiger partial charge in [0, 0.05) is 7.05 Å². The van der Waals surface area contributed by atoms with Crippen molar-refractivity contribution in [2.75, 3.05) is 0 Å². The summed E-state index contributed by atoms with van der Waals surface area (Å²) in [6, 6.07) is 2.21. The Kier molecular flexibility index (Phi) is 3.60. The van der Waals surface area contributed by atoms with Crippen LogP contribution in [0.4, 0.5) is 0 Å². The Labute approximate surface area is 106 Å². The van der Waals surface area contributed by atoms with Gasteiger partial charge in [-0.1, -0.05) is 19.3 Å². The molecule has 0 bridgehead atoms. The van der Waals surface area contributed by atoms with Crippen LogP contribution in [-0.4, -0.2) is 20.7 Å². The Morgan fingerprint density at radius 3 is 2.83 bits per heavy atom. The predicted molar refractivity (Wildman–Crippen MR) is 64.0 cm³/mol. The first-order valence-electron chi connectivity index (χ1n) is 6.20. The van der Waals surface area contributed by atoms with E-state index in [0.717, 1.165) is 19.3 Å². The molecule has 1 aliphatic rings. The van der Waals surface area contributed by atoms with E-state index in [-0.39, 0.29) is 5.91 Å². The summed E-state index contributed by atoms with van der Waals surface area (Å²) >= 11 is 0. The lowest BCUT2D eigenvalue weighted by Crippen LogP contribution is -2.41. The average molecular weight is 247 g/mol. The summed E-state index contributed by atoms with van der Waals surface area (Å²) in [7, 11) is 1.82. The molecule has 1 fully saturated rings. The maximum atomic E-state index is 12.2. The molecule has 1 N–H and O–H groups in total. The molecular formula is C12H17N5O. The SMILES string of the molecule is Cn1cnnc1CNC(=O)C1(C#N)CCCCC1. The second kappa shape index (κ2) is 5.17. The van der Waals surface area contributed by atoms with Gasteiger partial charge in [-0.2, -0.15) is 5.26 Å². The Morgan fingerprint density at radius 1 is 1.56 bits per heavy atom. The summed E-state index contributed by atoms with van der Waals surface area (Å²) in [6.07, 6.45) is 5.92. The van der Waals surface area contributed by atoms with Crippen molar-refractivity contribution in [1.29, 1.82) is 5.26 Å². The van der Waals surface area contributed by atoms with Gasteiger partial charge in [0.2, 0.25) is 5.91 Å². The number of nitrogens with zero attached hydrogens (tertiary/aromatic N) is 4. The molecule has 0 saturated heterocycles. The number of carbonyl (C=O) groups is 1. The summed E-state index contributed by atoms with van der Waals surface area (Å²) < 4.78 is 1.75. The Hall–Kier alpha value is -1.90. The summed E-state index contributed by atoms with van der Waals surface area (Å²) in [5.41, 5.74) is -0.836. The molecular weight excluding hydrogens is 230 g/mol. The van der Waals surface area contributed by atoms with E-state index in [9.17, 15) is 10.1 Å². The molecule has 0 radical (unpaired) electrons. The van der Waals surface area contributed by atoms with Gasteiger partial charge in [-0.3, -0.25) is 4.79 Å². The van der Waals surface area contributed by atoms with E-state index in [1.807, 2.05) is 7.05 Å². The van der Waals surface area contributed by atoms with Crippen LogP contribution in [0, 0.1) is 16.7 Å². The predicted octanol–water partition coefficient (Wildman–Crippen LogP) is 0.905. The van der Waals surface area contributed by atoms with E-state index < -0.39 is 5.41 Å². The minimum atomic E-state index is -0.836. The van der Waals surface area contributed by atoms with Crippen LogP contribution in [0.15, 0.2) is 6.33 Å². The van der Waals surface area contributed by atoms with E-state index in [1.165, 1.54) is 0 Å². The van der Waals surface area contributed by atoms with Gasteiger partial charge in [-0.25, -0.2) is 0 Å². The summed E-state index contributed by atoms with van der Waals surface area (Å²) in [5, 5.41) is 19.7. The molecule has 18 heavy (non-hydrogen) atoms. The highest BCUT2D eigenvalue weighted by molar-refractivity contribution is 5.85. The van der Waals surface area contributed by atoms with Crippen molar-refractivity contribution in [3.63, 3.8) is 0 Å². The van der Waals surface area contributed by atoms with Gasteiger partial charge < -0.3 is 9.88 Å². The number of nitrogens with one attached hydrogen (secondary N) is 1. The van der Waals surface area contributed by atoms with Crippen LogP contribution >= 0.6 is 0 Å². The third-order valence-corrected chi connectivity index (χ3v) is 3.57. The summed E-state index contributed by atoms with van der Waals surface area (Å²) in [6.45, 7) is 0.318.